The molecule has 0 saturated carbocycles. The summed E-state index contributed by atoms with van der Waals surface area (Å²) in [5.41, 5.74) is 2.73. The van der Waals surface area contributed by atoms with Crippen LogP contribution in [0.15, 0.2) is 24.3 Å². The van der Waals surface area contributed by atoms with Crippen LogP contribution in [0.3, 0.4) is 0 Å². The smallest absolute Gasteiger partial charge is 0.221 e. The number of carbonyl (C=O) groups is 1. The molecule has 0 spiro atoms. The molecule has 1 unspecified atom stereocenters. The molecule has 1 atom stereocenters. The number of halogens is 1. The monoisotopic (exact) mass is 379 g/mol. The van der Waals surface area contributed by atoms with E-state index in [-0.39, 0.29) is 24.4 Å². The van der Waals surface area contributed by atoms with Crippen molar-refractivity contribution >= 4 is 18.3 Å². The molecule has 3 rings (SSSR count). The van der Waals surface area contributed by atoms with Crippen LogP contribution >= 0.6 is 12.4 Å². The number of rotatable bonds is 7. The van der Waals surface area contributed by atoms with Crippen LogP contribution in [0, 0.1) is 5.92 Å². The Morgan fingerprint density at radius 2 is 1.96 bits per heavy atom. The SMILES string of the molecule is CNCCC1CCN(CCC(=O)NC2CCCc3ccccc32)CC1.Cl. The van der Waals surface area contributed by atoms with Crippen LogP contribution in [0.2, 0.25) is 0 Å². The summed E-state index contributed by atoms with van der Waals surface area (Å²) in [6.07, 6.45) is 7.84. The van der Waals surface area contributed by atoms with E-state index in [0.29, 0.717) is 6.42 Å². The fraction of sp³-hybridized carbons (Fsp3) is 0.667. The van der Waals surface area contributed by atoms with Crippen LogP contribution in [0.4, 0.5) is 0 Å². The average Bonchev–Trinajstić information content (AvgIpc) is 2.66. The third-order valence-corrected chi connectivity index (χ3v) is 5.87. The van der Waals surface area contributed by atoms with E-state index in [1.54, 1.807) is 0 Å². The average molecular weight is 380 g/mol. The van der Waals surface area contributed by atoms with Crippen molar-refractivity contribution in [3.05, 3.63) is 35.4 Å². The highest BCUT2D eigenvalue weighted by Gasteiger charge is 2.22. The van der Waals surface area contributed by atoms with Gasteiger partial charge in [0, 0.05) is 13.0 Å². The van der Waals surface area contributed by atoms with E-state index in [1.165, 1.54) is 36.8 Å². The van der Waals surface area contributed by atoms with E-state index in [9.17, 15) is 4.79 Å². The number of benzene rings is 1. The highest BCUT2D eigenvalue weighted by Crippen LogP contribution is 2.29. The van der Waals surface area contributed by atoms with Crippen LogP contribution in [-0.4, -0.2) is 44.0 Å². The zero-order valence-electron chi connectivity index (χ0n) is 16.0. The molecule has 1 saturated heterocycles. The Labute approximate surface area is 164 Å². The number of carbonyl (C=O) groups excluding carboxylic acids is 1. The lowest BCUT2D eigenvalue weighted by atomic mass is 9.87. The molecule has 0 bridgehead atoms. The summed E-state index contributed by atoms with van der Waals surface area (Å²) in [4.78, 5) is 14.9. The van der Waals surface area contributed by atoms with Gasteiger partial charge in [-0.15, -0.1) is 12.4 Å². The first-order valence-electron chi connectivity index (χ1n) is 10.0. The molecule has 2 N–H and O–H groups in total. The Hall–Kier alpha value is -1.10. The van der Waals surface area contributed by atoms with Crippen molar-refractivity contribution in [2.24, 2.45) is 5.92 Å². The van der Waals surface area contributed by atoms with Gasteiger partial charge in [0.15, 0.2) is 0 Å². The fourth-order valence-corrected chi connectivity index (χ4v) is 4.28. The van der Waals surface area contributed by atoms with Gasteiger partial charge in [0.1, 0.15) is 0 Å². The van der Waals surface area contributed by atoms with Crippen molar-refractivity contribution in [3.8, 4) is 0 Å². The van der Waals surface area contributed by atoms with Crippen molar-refractivity contribution in [3.63, 3.8) is 0 Å². The summed E-state index contributed by atoms with van der Waals surface area (Å²) in [6, 6.07) is 8.77. The molecule has 1 aromatic carbocycles. The van der Waals surface area contributed by atoms with E-state index < -0.39 is 0 Å². The summed E-state index contributed by atoms with van der Waals surface area (Å²) in [6.45, 7) is 4.32. The maximum Gasteiger partial charge on any atom is 0.221 e. The van der Waals surface area contributed by atoms with Crippen LogP contribution in [0.25, 0.3) is 0 Å². The van der Waals surface area contributed by atoms with Crippen molar-refractivity contribution in [2.75, 3.05) is 33.2 Å². The summed E-state index contributed by atoms with van der Waals surface area (Å²) >= 11 is 0. The van der Waals surface area contributed by atoms with Crippen LogP contribution in [0.5, 0.6) is 0 Å². The lowest BCUT2D eigenvalue weighted by Crippen LogP contribution is -2.38. The van der Waals surface area contributed by atoms with E-state index >= 15 is 0 Å². The molecular weight excluding hydrogens is 346 g/mol. The van der Waals surface area contributed by atoms with E-state index in [0.717, 1.165) is 44.9 Å². The van der Waals surface area contributed by atoms with Crippen LogP contribution in [-0.2, 0) is 11.2 Å². The van der Waals surface area contributed by atoms with Crippen molar-refractivity contribution in [1.82, 2.24) is 15.5 Å². The zero-order valence-corrected chi connectivity index (χ0v) is 16.8. The van der Waals surface area contributed by atoms with Crippen LogP contribution in [0.1, 0.15) is 55.7 Å². The minimum atomic E-state index is 0. The number of nitrogens with one attached hydrogen (secondary N) is 2. The number of likely N-dealkylation sites (tertiary alicyclic amines) is 1. The number of amides is 1. The molecule has 0 radical (unpaired) electrons. The maximum absolute atomic E-state index is 12.4. The molecule has 1 aliphatic carbocycles. The first kappa shape index (κ1) is 21.2. The molecule has 1 aromatic rings. The van der Waals surface area contributed by atoms with Gasteiger partial charge in [0.25, 0.3) is 0 Å². The topological polar surface area (TPSA) is 44.4 Å². The number of piperidine rings is 1. The van der Waals surface area contributed by atoms with Gasteiger partial charge in [-0.3, -0.25) is 4.79 Å². The van der Waals surface area contributed by atoms with Gasteiger partial charge in [0.2, 0.25) is 5.91 Å². The van der Waals surface area contributed by atoms with Crippen LogP contribution < -0.4 is 10.6 Å². The van der Waals surface area contributed by atoms with Gasteiger partial charge in [-0.2, -0.15) is 0 Å². The second kappa shape index (κ2) is 10.9. The standard InChI is InChI=1S/C21H33N3O.ClH/c1-22-13-9-17-10-14-24(15-11-17)16-12-21(25)23-20-8-4-6-18-5-2-3-7-19(18)20;/h2-3,5,7,17,20,22H,4,6,8-16H2,1H3,(H,23,25);1H. The van der Waals surface area contributed by atoms with Gasteiger partial charge in [-0.1, -0.05) is 24.3 Å². The molecular formula is C21H34ClN3O. The van der Waals surface area contributed by atoms with Gasteiger partial charge < -0.3 is 15.5 Å². The van der Waals surface area contributed by atoms with E-state index in [2.05, 4.69) is 39.8 Å². The molecule has 2 aliphatic rings. The number of aryl methyl sites for hydroxylation is 1. The largest absolute Gasteiger partial charge is 0.349 e. The molecule has 1 fully saturated rings. The highest BCUT2D eigenvalue weighted by molar-refractivity contribution is 5.85. The normalized spacial score (nSPS) is 20.9. The molecule has 1 aliphatic heterocycles. The van der Waals surface area contributed by atoms with Crippen molar-refractivity contribution < 1.29 is 4.79 Å². The number of hydrogen-bond acceptors (Lipinski definition) is 3. The maximum atomic E-state index is 12.4. The van der Waals surface area contributed by atoms with Gasteiger partial charge in [-0.25, -0.2) is 0 Å². The Morgan fingerprint density at radius 1 is 1.19 bits per heavy atom. The van der Waals surface area contributed by atoms with Gasteiger partial charge >= 0.3 is 0 Å². The number of fused-ring (bicyclic) bond motifs is 1. The Morgan fingerprint density at radius 3 is 2.73 bits per heavy atom. The molecule has 5 heteroatoms. The lowest BCUT2D eigenvalue weighted by Gasteiger charge is -2.32. The minimum Gasteiger partial charge on any atom is -0.349 e. The third kappa shape index (κ3) is 5.97. The summed E-state index contributed by atoms with van der Waals surface area (Å²) in [5.74, 6) is 1.07. The number of nitrogens with zero attached hydrogens (tertiary/aromatic N) is 1. The Balaban J connectivity index is 0.00000243. The molecule has 0 aromatic heterocycles. The molecule has 1 amide bonds. The molecule has 4 nitrogen and oxygen atoms in total. The van der Waals surface area contributed by atoms with Crippen molar-refractivity contribution in [2.45, 2.75) is 51.0 Å². The summed E-state index contributed by atoms with van der Waals surface area (Å²) < 4.78 is 0. The van der Waals surface area contributed by atoms with Gasteiger partial charge in [-0.05, 0) is 82.3 Å². The third-order valence-electron chi connectivity index (χ3n) is 5.87. The second-order valence-electron chi connectivity index (χ2n) is 7.64. The predicted molar refractivity (Wildman–Crippen MR) is 110 cm³/mol. The first-order chi connectivity index (χ1) is 12.3. The zero-order chi connectivity index (χ0) is 17.5. The predicted octanol–water partition coefficient (Wildman–Crippen LogP) is 3.31. The highest BCUT2D eigenvalue weighted by atomic mass is 35.5. The summed E-state index contributed by atoms with van der Waals surface area (Å²) in [5, 5.41) is 6.52. The van der Waals surface area contributed by atoms with Crippen molar-refractivity contribution in [1.29, 1.82) is 0 Å². The molecule has 26 heavy (non-hydrogen) atoms. The quantitative estimate of drug-likeness (QED) is 0.763. The lowest BCUT2D eigenvalue weighted by molar-refractivity contribution is -0.122. The van der Waals surface area contributed by atoms with Gasteiger partial charge in [0.05, 0.1) is 6.04 Å². The molecule has 146 valence electrons. The number of hydrogen-bond donors (Lipinski definition) is 2. The van der Waals surface area contributed by atoms with E-state index in [4.69, 9.17) is 0 Å². The Kier molecular flexibility index (Phi) is 8.89. The summed E-state index contributed by atoms with van der Waals surface area (Å²) in [7, 11) is 2.03. The second-order valence-corrected chi connectivity index (χ2v) is 7.64. The minimum absolute atomic E-state index is 0. The first-order valence-corrected chi connectivity index (χ1v) is 10.0. The molecule has 1 heterocycles. The Bertz CT molecular complexity index is 558. The van der Waals surface area contributed by atoms with E-state index in [1.807, 2.05) is 7.05 Å². The fourth-order valence-electron chi connectivity index (χ4n) is 4.28.